The fraction of sp³-hybridized carbons (Fsp3) is 0.635. The van der Waals surface area contributed by atoms with Crippen molar-refractivity contribution in [2.24, 2.45) is 0 Å². The number of hydrogen-bond donors (Lipinski definition) is 6. The SMILES string of the molecule is CC/C=C\C/C=C\C/C=C\C/C=C\C/C=C\C/C=C\C/C=C\C/C=C\C/C=C\CCCCCCCCCCCCCCCC(=O)NC(COC1OC(CO)C(O)C(O)C1O)C(O)/C=C/CC/C=C/CCCC. The summed E-state index contributed by atoms with van der Waals surface area (Å²) in [6.45, 7) is 3.54. The lowest BCUT2D eigenvalue weighted by Crippen LogP contribution is -2.60. The smallest absolute Gasteiger partial charge is 0.220 e. The molecule has 0 aliphatic carbocycles. The molecule has 1 fully saturated rings. The van der Waals surface area contributed by atoms with Crippen LogP contribution in [0.4, 0.5) is 0 Å². The summed E-state index contributed by atoms with van der Waals surface area (Å²) in [5.41, 5.74) is 0. The first-order chi connectivity index (χ1) is 35.3. The molecule has 9 heteroatoms. The molecule has 0 spiro atoms. The van der Waals surface area contributed by atoms with E-state index in [1.807, 2.05) is 6.08 Å². The highest BCUT2D eigenvalue weighted by Gasteiger charge is 2.44. The van der Waals surface area contributed by atoms with E-state index in [1.54, 1.807) is 6.08 Å². The van der Waals surface area contributed by atoms with Crippen molar-refractivity contribution in [2.45, 2.75) is 243 Å². The average molecular weight is 1000 g/mol. The third kappa shape index (κ3) is 39.8. The van der Waals surface area contributed by atoms with Crippen LogP contribution in [0.15, 0.2) is 134 Å². The standard InChI is InChI=1S/C63H103NO8/c1-3-5-7-9-11-13-14-15-16-17-18-19-20-21-22-23-24-25-26-27-28-29-30-31-32-33-34-35-36-37-38-39-40-41-42-43-44-45-47-49-51-53-59(67)64-56(57(66)52-50-48-46-12-10-8-6-4-2)55-71-63-62(70)61(69)60(68)58(54-65)72-63/h5,7,10-13,15-16,18-19,21-22,24-25,27-28,30-31,33-34,50,52,56-58,60-63,65-66,68-70H,3-4,6,8-9,14,17,20,23,26,29,32,35-49,51,53-55H2,1-2H3,(H,64,67)/b7-5-,12-10+,13-11-,16-15-,19-18-,22-21-,25-24-,28-27-,31-30-,34-33-,52-50+. The van der Waals surface area contributed by atoms with Crippen LogP contribution in [0.2, 0.25) is 0 Å². The van der Waals surface area contributed by atoms with Gasteiger partial charge in [0.1, 0.15) is 24.4 Å². The van der Waals surface area contributed by atoms with E-state index < -0.39 is 49.5 Å². The molecule has 1 aliphatic rings. The molecule has 1 heterocycles. The molecule has 1 saturated heterocycles. The number of aliphatic hydroxyl groups excluding tert-OH is 5. The molecule has 1 amide bonds. The van der Waals surface area contributed by atoms with Gasteiger partial charge in [-0.15, -0.1) is 0 Å². The maximum Gasteiger partial charge on any atom is 0.220 e. The third-order valence-electron chi connectivity index (χ3n) is 12.5. The lowest BCUT2D eigenvalue weighted by atomic mass is 9.99. The minimum Gasteiger partial charge on any atom is -0.394 e. The van der Waals surface area contributed by atoms with Crippen molar-refractivity contribution >= 4 is 5.91 Å². The van der Waals surface area contributed by atoms with E-state index in [9.17, 15) is 30.3 Å². The number of nitrogens with one attached hydrogen (secondary N) is 1. The van der Waals surface area contributed by atoms with Gasteiger partial charge in [-0.3, -0.25) is 4.79 Å². The predicted octanol–water partition coefficient (Wildman–Crippen LogP) is 14.1. The van der Waals surface area contributed by atoms with Crippen LogP contribution in [0.3, 0.4) is 0 Å². The summed E-state index contributed by atoms with van der Waals surface area (Å²) in [5, 5.41) is 54.1. The van der Waals surface area contributed by atoms with Crippen LogP contribution in [0, 0.1) is 0 Å². The normalized spacial score (nSPS) is 20.2. The summed E-state index contributed by atoms with van der Waals surface area (Å²) in [6.07, 6.45) is 71.3. The van der Waals surface area contributed by atoms with Gasteiger partial charge >= 0.3 is 0 Å². The molecule has 0 bridgehead atoms. The minimum atomic E-state index is -1.58. The van der Waals surface area contributed by atoms with E-state index in [0.717, 1.165) is 109 Å². The van der Waals surface area contributed by atoms with Gasteiger partial charge in [0.15, 0.2) is 6.29 Å². The van der Waals surface area contributed by atoms with Crippen LogP contribution >= 0.6 is 0 Å². The number of carbonyl (C=O) groups is 1. The highest BCUT2D eigenvalue weighted by Crippen LogP contribution is 2.22. The Labute approximate surface area is 439 Å². The summed E-state index contributed by atoms with van der Waals surface area (Å²) >= 11 is 0. The van der Waals surface area contributed by atoms with E-state index in [2.05, 4.69) is 141 Å². The van der Waals surface area contributed by atoms with Crippen molar-refractivity contribution in [3.8, 4) is 0 Å². The second-order valence-corrected chi connectivity index (χ2v) is 19.0. The minimum absolute atomic E-state index is 0.198. The summed E-state index contributed by atoms with van der Waals surface area (Å²) in [7, 11) is 0. The molecule has 408 valence electrons. The summed E-state index contributed by atoms with van der Waals surface area (Å²) < 4.78 is 11.2. The predicted molar refractivity (Wildman–Crippen MR) is 303 cm³/mol. The second-order valence-electron chi connectivity index (χ2n) is 19.0. The monoisotopic (exact) mass is 1000 g/mol. The van der Waals surface area contributed by atoms with Gasteiger partial charge in [-0.1, -0.05) is 231 Å². The fourth-order valence-electron chi connectivity index (χ4n) is 7.97. The Kier molecular flexibility index (Phi) is 46.9. The van der Waals surface area contributed by atoms with Gasteiger partial charge in [0.05, 0.1) is 25.4 Å². The molecule has 1 rings (SSSR count). The Morgan fingerprint density at radius 1 is 0.486 bits per heavy atom. The van der Waals surface area contributed by atoms with Gasteiger partial charge < -0.3 is 40.3 Å². The molecular formula is C63H103NO8. The molecule has 0 aromatic heterocycles. The van der Waals surface area contributed by atoms with E-state index in [-0.39, 0.29) is 12.5 Å². The average Bonchev–Trinajstić information content (AvgIpc) is 3.38. The van der Waals surface area contributed by atoms with Gasteiger partial charge in [0.2, 0.25) is 5.91 Å². The summed E-state index contributed by atoms with van der Waals surface area (Å²) in [6, 6.07) is -0.827. The number of carbonyl (C=O) groups excluding carboxylic acids is 1. The number of unbranched alkanes of at least 4 members (excludes halogenated alkanes) is 16. The molecule has 0 saturated carbocycles. The van der Waals surface area contributed by atoms with E-state index in [4.69, 9.17) is 9.47 Å². The van der Waals surface area contributed by atoms with Crippen LogP contribution in [0.25, 0.3) is 0 Å². The van der Waals surface area contributed by atoms with E-state index in [1.165, 1.54) is 70.6 Å². The Hall–Kier alpha value is -3.67. The number of allylic oxidation sites excluding steroid dienone is 21. The van der Waals surface area contributed by atoms with Crippen molar-refractivity contribution in [1.82, 2.24) is 5.32 Å². The molecular weight excluding hydrogens is 899 g/mol. The fourth-order valence-corrected chi connectivity index (χ4v) is 7.97. The number of hydrogen-bond acceptors (Lipinski definition) is 8. The third-order valence-corrected chi connectivity index (χ3v) is 12.5. The van der Waals surface area contributed by atoms with Gasteiger partial charge in [-0.25, -0.2) is 0 Å². The highest BCUT2D eigenvalue weighted by atomic mass is 16.7. The molecule has 0 aromatic rings. The number of amides is 1. The first-order valence-corrected chi connectivity index (χ1v) is 28.4. The molecule has 0 aromatic carbocycles. The first kappa shape index (κ1) is 66.3. The molecule has 9 nitrogen and oxygen atoms in total. The zero-order valence-corrected chi connectivity index (χ0v) is 45.1. The van der Waals surface area contributed by atoms with E-state index >= 15 is 0 Å². The van der Waals surface area contributed by atoms with Gasteiger partial charge in [-0.2, -0.15) is 0 Å². The summed E-state index contributed by atoms with van der Waals surface area (Å²) in [5.74, 6) is -0.198. The van der Waals surface area contributed by atoms with Gasteiger partial charge in [0.25, 0.3) is 0 Å². The van der Waals surface area contributed by atoms with Gasteiger partial charge in [0, 0.05) is 6.42 Å². The zero-order chi connectivity index (χ0) is 52.2. The Balaban J connectivity index is 2.07. The van der Waals surface area contributed by atoms with Crippen LogP contribution in [0.5, 0.6) is 0 Å². The van der Waals surface area contributed by atoms with Crippen molar-refractivity contribution in [2.75, 3.05) is 13.2 Å². The Bertz CT molecular complexity index is 1580. The maximum atomic E-state index is 13.0. The van der Waals surface area contributed by atoms with Crippen LogP contribution < -0.4 is 5.32 Å². The number of ether oxygens (including phenoxy) is 2. The molecule has 72 heavy (non-hydrogen) atoms. The quantitative estimate of drug-likeness (QED) is 0.0261. The number of aliphatic hydroxyl groups is 5. The van der Waals surface area contributed by atoms with Crippen molar-refractivity contribution < 1.29 is 39.8 Å². The zero-order valence-electron chi connectivity index (χ0n) is 45.1. The Morgan fingerprint density at radius 2 is 0.875 bits per heavy atom. The molecule has 6 N–H and O–H groups in total. The van der Waals surface area contributed by atoms with Crippen molar-refractivity contribution in [1.29, 1.82) is 0 Å². The topological polar surface area (TPSA) is 149 Å². The summed E-state index contributed by atoms with van der Waals surface area (Å²) in [4.78, 5) is 13.0. The maximum absolute atomic E-state index is 13.0. The van der Waals surface area contributed by atoms with Crippen LogP contribution in [-0.2, 0) is 14.3 Å². The van der Waals surface area contributed by atoms with Crippen LogP contribution in [0.1, 0.15) is 200 Å². The van der Waals surface area contributed by atoms with Crippen molar-refractivity contribution in [3.05, 3.63) is 134 Å². The largest absolute Gasteiger partial charge is 0.394 e. The van der Waals surface area contributed by atoms with Crippen molar-refractivity contribution in [3.63, 3.8) is 0 Å². The molecule has 1 aliphatic heterocycles. The molecule has 0 radical (unpaired) electrons. The molecule has 7 unspecified atom stereocenters. The first-order valence-electron chi connectivity index (χ1n) is 28.4. The van der Waals surface area contributed by atoms with Gasteiger partial charge in [-0.05, 0) is 96.3 Å². The lowest BCUT2D eigenvalue weighted by Gasteiger charge is -2.40. The van der Waals surface area contributed by atoms with E-state index in [0.29, 0.717) is 6.42 Å². The highest BCUT2D eigenvalue weighted by molar-refractivity contribution is 5.76. The van der Waals surface area contributed by atoms with Crippen LogP contribution in [-0.4, -0.2) is 87.5 Å². The molecule has 7 atom stereocenters. The second kappa shape index (κ2) is 50.8. The lowest BCUT2D eigenvalue weighted by molar-refractivity contribution is -0.302. The number of rotatable bonds is 46. The Morgan fingerprint density at radius 3 is 1.33 bits per heavy atom.